The lowest BCUT2D eigenvalue weighted by atomic mass is 10.1. The molecule has 1 saturated heterocycles. The van der Waals surface area contributed by atoms with E-state index in [2.05, 4.69) is 37.9 Å². The van der Waals surface area contributed by atoms with Gasteiger partial charge >= 0.3 is 0 Å². The highest BCUT2D eigenvalue weighted by atomic mass is 16.2. The lowest BCUT2D eigenvalue weighted by Gasteiger charge is -2.14. The summed E-state index contributed by atoms with van der Waals surface area (Å²) in [7, 11) is 0. The highest BCUT2D eigenvalue weighted by molar-refractivity contribution is 6.15. The van der Waals surface area contributed by atoms with Gasteiger partial charge in [0, 0.05) is 23.2 Å². The number of anilines is 2. The normalized spacial score (nSPS) is 22.3. The third-order valence-electron chi connectivity index (χ3n) is 5.22. The average Bonchev–Trinajstić information content (AvgIpc) is 3.53. The highest BCUT2D eigenvalue weighted by Crippen LogP contribution is 2.34. The smallest absolute Gasteiger partial charge is 0.254 e. The molecule has 27 heavy (non-hydrogen) atoms. The van der Waals surface area contributed by atoms with Crippen molar-refractivity contribution in [1.29, 1.82) is 0 Å². The number of aromatic nitrogens is 4. The number of nitrogens with zero attached hydrogens (tertiary/aromatic N) is 4. The molecule has 0 spiro atoms. The Balaban J connectivity index is 1.54. The van der Waals surface area contributed by atoms with Gasteiger partial charge in [0.05, 0.1) is 12.6 Å². The molecule has 3 aliphatic rings. The first kappa shape index (κ1) is 16.2. The van der Waals surface area contributed by atoms with Crippen LogP contribution in [0.1, 0.15) is 44.6 Å². The van der Waals surface area contributed by atoms with E-state index in [0.29, 0.717) is 46.7 Å². The fourth-order valence-electron chi connectivity index (χ4n) is 3.29. The van der Waals surface area contributed by atoms with Gasteiger partial charge in [0.15, 0.2) is 5.65 Å². The minimum atomic E-state index is -0.356. The molecular weight excluding hydrogens is 346 g/mol. The molecule has 3 heterocycles. The van der Waals surface area contributed by atoms with Crippen molar-refractivity contribution in [1.82, 2.24) is 24.9 Å². The summed E-state index contributed by atoms with van der Waals surface area (Å²) in [5.41, 5.74) is 1.72. The van der Waals surface area contributed by atoms with Crippen molar-refractivity contribution >= 4 is 35.4 Å². The first-order valence-corrected chi connectivity index (χ1v) is 9.40. The fraction of sp³-hybridized carbons (Fsp3) is 0.500. The average molecular weight is 367 g/mol. The van der Waals surface area contributed by atoms with E-state index in [9.17, 15) is 9.59 Å². The zero-order chi connectivity index (χ0) is 18.5. The van der Waals surface area contributed by atoms with Crippen LogP contribution in [0.5, 0.6) is 0 Å². The van der Waals surface area contributed by atoms with Gasteiger partial charge < -0.3 is 10.6 Å². The van der Waals surface area contributed by atoms with E-state index >= 15 is 0 Å². The minimum Gasteiger partial charge on any atom is -0.351 e. The summed E-state index contributed by atoms with van der Waals surface area (Å²) < 4.78 is 1.66. The predicted octanol–water partition coefficient (Wildman–Crippen LogP) is 1.34. The van der Waals surface area contributed by atoms with Crippen LogP contribution in [-0.4, -0.2) is 43.5 Å². The first-order valence-electron chi connectivity index (χ1n) is 9.40. The summed E-state index contributed by atoms with van der Waals surface area (Å²) >= 11 is 0. The Bertz CT molecular complexity index is 971. The van der Waals surface area contributed by atoms with Crippen molar-refractivity contribution in [2.75, 3.05) is 10.6 Å². The number of nitrogens with one attached hydrogen (secondary N) is 3. The molecule has 1 aliphatic heterocycles. The summed E-state index contributed by atoms with van der Waals surface area (Å²) in [6, 6.07) is 0.727. The third kappa shape index (κ3) is 3.24. The monoisotopic (exact) mass is 367 g/mol. The molecule has 0 unspecified atom stereocenters. The van der Waals surface area contributed by atoms with Crippen LogP contribution in [0.4, 0.5) is 11.9 Å². The molecule has 1 atom stereocenters. The molecule has 2 amide bonds. The first-order chi connectivity index (χ1) is 13.1. The summed E-state index contributed by atoms with van der Waals surface area (Å²) in [5.74, 6) is 1.23. The third-order valence-corrected chi connectivity index (χ3v) is 5.22. The Morgan fingerprint density at radius 1 is 1.26 bits per heavy atom. The van der Waals surface area contributed by atoms with E-state index < -0.39 is 0 Å². The van der Waals surface area contributed by atoms with E-state index in [-0.39, 0.29) is 18.2 Å². The molecule has 0 bridgehead atoms. The molecule has 0 radical (unpaired) electrons. The van der Waals surface area contributed by atoms with Gasteiger partial charge in [-0.05, 0) is 44.6 Å². The number of carbonyl (C=O) groups excluding carboxylic acids is 2. The number of hydrogen-bond donors (Lipinski definition) is 3. The van der Waals surface area contributed by atoms with Crippen LogP contribution in [0.3, 0.4) is 0 Å². The van der Waals surface area contributed by atoms with Gasteiger partial charge in [0.2, 0.25) is 17.8 Å². The molecule has 2 aromatic heterocycles. The van der Waals surface area contributed by atoms with Crippen LogP contribution in [-0.2, 0) is 9.59 Å². The zero-order valence-electron chi connectivity index (χ0n) is 15.0. The Hall–Kier alpha value is -2.97. The lowest BCUT2D eigenvalue weighted by molar-refractivity contribution is -0.124. The van der Waals surface area contributed by atoms with Crippen molar-refractivity contribution in [3.63, 3.8) is 0 Å². The van der Waals surface area contributed by atoms with Gasteiger partial charge in [-0.25, -0.2) is 0 Å². The number of rotatable bonds is 6. The van der Waals surface area contributed by atoms with Crippen molar-refractivity contribution in [3.8, 4) is 0 Å². The number of fused-ring (bicyclic) bond motifs is 1. The largest absolute Gasteiger partial charge is 0.351 e. The predicted molar refractivity (Wildman–Crippen MR) is 99.0 cm³/mol. The van der Waals surface area contributed by atoms with Crippen LogP contribution in [0.15, 0.2) is 11.8 Å². The van der Waals surface area contributed by atoms with Crippen LogP contribution >= 0.6 is 0 Å². The summed E-state index contributed by atoms with van der Waals surface area (Å²) in [4.78, 5) is 32.6. The maximum absolute atomic E-state index is 11.9. The molecule has 2 aliphatic carbocycles. The molecule has 2 saturated carbocycles. The zero-order valence-corrected chi connectivity index (χ0v) is 15.0. The van der Waals surface area contributed by atoms with Crippen molar-refractivity contribution in [2.24, 2.45) is 5.92 Å². The van der Waals surface area contributed by atoms with Crippen LogP contribution in [0.25, 0.3) is 11.7 Å². The SMILES string of the molecule is C[C@H](Nc1nc(NC2CC2)n2ncc(/C=C3\CC(=O)NC3=O)c2n1)C1CC1. The maximum Gasteiger partial charge on any atom is 0.254 e. The van der Waals surface area contributed by atoms with Crippen molar-refractivity contribution < 1.29 is 9.59 Å². The minimum absolute atomic E-state index is 0.0816. The van der Waals surface area contributed by atoms with Crippen molar-refractivity contribution in [3.05, 3.63) is 17.3 Å². The van der Waals surface area contributed by atoms with E-state index in [1.807, 2.05) is 0 Å². The van der Waals surface area contributed by atoms with Crippen LogP contribution in [0, 0.1) is 5.92 Å². The number of amides is 2. The highest BCUT2D eigenvalue weighted by Gasteiger charge is 2.29. The van der Waals surface area contributed by atoms with Gasteiger partial charge in [-0.3, -0.25) is 14.9 Å². The second kappa shape index (κ2) is 6.04. The van der Waals surface area contributed by atoms with Gasteiger partial charge in [0.1, 0.15) is 0 Å². The van der Waals surface area contributed by atoms with Crippen molar-refractivity contribution in [2.45, 2.75) is 51.1 Å². The molecule has 9 nitrogen and oxygen atoms in total. The molecule has 0 aromatic carbocycles. The summed E-state index contributed by atoms with van der Waals surface area (Å²) in [6.45, 7) is 2.15. The van der Waals surface area contributed by atoms with Gasteiger partial charge in [0.25, 0.3) is 5.91 Å². The quantitative estimate of drug-likeness (QED) is 0.521. The second-order valence-electron chi connectivity index (χ2n) is 7.62. The molecule has 5 rings (SSSR count). The van der Waals surface area contributed by atoms with Gasteiger partial charge in [-0.1, -0.05) is 0 Å². The summed E-state index contributed by atoms with van der Waals surface area (Å²) in [5, 5.41) is 13.5. The maximum atomic E-state index is 11.9. The Morgan fingerprint density at radius 3 is 2.74 bits per heavy atom. The lowest BCUT2D eigenvalue weighted by Crippen LogP contribution is -2.21. The van der Waals surface area contributed by atoms with E-state index in [4.69, 9.17) is 0 Å². The van der Waals surface area contributed by atoms with Crippen LogP contribution in [0.2, 0.25) is 0 Å². The van der Waals surface area contributed by atoms with E-state index in [1.54, 1.807) is 16.8 Å². The molecule has 9 heteroatoms. The molecule has 3 N–H and O–H groups in total. The van der Waals surface area contributed by atoms with Gasteiger partial charge in [-0.15, -0.1) is 0 Å². The number of hydrogen-bond acceptors (Lipinski definition) is 7. The van der Waals surface area contributed by atoms with Crippen LogP contribution < -0.4 is 16.0 Å². The Labute approximate surface area is 155 Å². The topological polar surface area (TPSA) is 113 Å². The number of imide groups is 1. The summed E-state index contributed by atoms with van der Waals surface area (Å²) in [6.07, 6.45) is 8.12. The number of carbonyl (C=O) groups is 2. The standard InChI is InChI=1S/C18H21N7O2/c1-9(10-2-3-10)20-17-23-15-12(6-11-7-14(26)22-16(11)27)8-19-25(15)18(24-17)21-13-4-5-13/h6,8-10,13H,2-5,7H2,1H3,(H,22,26,27)(H2,20,21,23,24)/b11-6+/t9-/m0/s1. The molecular formula is C18H21N7O2. The fourth-order valence-corrected chi connectivity index (χ4v) is 3.29. The second-order valence-corrected chi connectivity index (χ2v) is 7.62. The Morgan fingerprint density at radius 2 is 2.07 bits per heavy atom. The Kier molecular flexibility index (Phi) is 3.63. The molecule has 3 fully saturated rings. The molecule has 2 aromatic rings. The van der Waals surface area contributed by atoms with E-state index in [1.165, 1.54) is 12.8 Å². The van der Waals surface area contributed by atoms with Gasteiger partial charge in [-0.2, -0.15) is 19.6 Å². The molecule has 140 valence electrons. The van der Waals surface area contributed by atoms with E-state index in [0.717, 1.165) is 12.8 Å².